The third-order valence-electron chi connectivity index (χ3n) is 2.31. The van der Waals surface area contributed by atoms with E-state index in [1.54, 1.807) is 0 Å². The van der Waals surface area contributed by atoms with Crippen molar-refractivity contribution >= 4 is 0 Å². The van der Waals surface area contributed by atoms with Crippen molar-refractivity contribution < 1.29 is 14.6 Å². The minimum absolute atomic E-state index is 0.152. The number of ether oxygens (including phenoxy) is 2. The highest BCUT2D eigenvalue weighted by atomic mass is 16.5. The third-order valence-corrected chi connectivity index (χ3v) is 2.31. The van der Waals surface area contributed by atoms with Crippen LogP contribution < -0.4 is 0 Å². The van der Waals surface area contributed by atoms with Crippen molar-refractivity contribution in [2.24, 2.45) is 0 Å². The van der Waals surface area contributed by atoms with Gasteiger partial charge in [0, 0.05) is 13.0 Å². The first-order chi connectivity index (χ1) is 6.83. The molecule has 0 saturated carbocycles. The van der Waals surface area contributed by atoms with Gasteiger partial charge in [-0.15, -0.1) is 0 Å². The van der Waals surface area contributed by atoms with Gasteiger partial charge in [-0.25, -0.2) is 0 Å². The highest BCUT2D eigenvalue weighted by molar-refractivity contribution is 4.73. The summed E-state index contributed by atoms with van der Waals surface area (Å²) < 4.78 is 11.0. The number of hydrogen-bond donors (Lipinski definition) is 1. The van der Waals surface area contributed by atoms with Crippen LogP contribution in [0.1, 0.15) is 40.5 Å². The Labute approximate surface area is 93.1 Å². The van der Waals surface area contributed by atoms with Gasteiger partial charge in [-0.3, -0.25) is 0 Å². The first-order valence-electron chi connectivity index (χ1n) is 5.36. The van der Waals surface area contributed by atoms with E-state index in [9.17, 15) is 0 Å². The lowest BCUT2D eigenvalue weighted by atomic mass is 10.0. The Morgan fingerprint density at radius 2 is 1.73 bits per heavy atom. The van der Waals surface area contributed by atoms with Gasteiger partial charge >= 0.3 is 0 Å². The van der Waals surface area contributed by atoms with Gasteiger partial charge in [0.05, 0.1) is 18.5 Å². The fourth-order valence-corrected chi connectivity index (χ4v) is 1.20. The maximum atomic E-state index is 8.83. The zero-order chi connectivity index (χ0) is 11.9. The van der Waals surface area contributed by atoms with E-state index in [-0.39, 0.29) is 17.8 Å². The Kier molecular flexibility index (Phi) is 5.91. The van der Waals surface area contributed by atoms with Crippen molar-refractivity contribution in [1.82, 2.24) is 0 Å². The van der Waals surface area contributed by atoms with Crippen LogP contribution in [0, 0.1) is 0 Å². The van der Waals surface area contributed by atoms with Crippen LogP contribution in [-0.4, -0.2) is 29.5 Å². The Morgan fingerprint density at radius 3 is 2.20 bits per heavy atom. The molecule has 0 aliphatic heterocycles. The molecule has 3 nitrogen and oxygen atoms in total. The Morgan fingerprint density at radius 1 is 1.13 bits per heavy atom. The zero-order valence-electron chi connectivity index (χ0n) is 10.4. The predicted molar refractivity (Wildman–Crippen MR) is 61.7 cm³/mol. The highest BCUT2D eigenvalue weighted by Crippen LogP contribution is 2.19. The summed E-state index contributed by atoms with van der Waals surface area (Å²) >= 11 is 0. The lowest BCUT2D eigenvalue weighted by Crippen LogP contribution is -2.30. The van der Waals surface area contributed by atoms with Crippen molar-refractivity contribution in [3.8, 4) is 0 Å². The molecule has 1 N–H and O–H groups in total. The van der Waals surface area contributed by atoms with Crippen LogP contribution >= 0.6 is 0 Å². The van der Waals surface area contributed by atoms with Gasteiger partial charge in [-0.2, -0.15) is 0 Å². The lowest BCUT2D eigenvalue weighted by molar-refractivity contribution is -0.0585. The smallest absolute Gasteiger partial charge is 0.105 e. The van der Waals surface area contributed by atoms with Gasteiger partial charge < -0.3 is 14.6 Å². The number of aliphatic hydroxyl groups is 1. The van der Waals surface area contributed by atoms with Crippen LogP contribution in [0.5, 0.6) is 0 Å². The zero-order valence-corrected chi connectivity index (χ0v) is 10.4. The van der Waals surface area contributed by atoms with Gasteiger partial charge in [0.2, 0.25) is 0 Å². The van der Waals surface area contributed by atoms with Crippen molar-refractivity contribution in [2.45, 2.75) is 51.7 Å². The SMILES string of the molecule is C=COC(C)(C)CCOC(C)(C)CCO. The summed E-state index contributed by atoms with van der Waals surface area (Å²) in [5, 5.41) is 8.83. The van der Waals surface area contributed by atoms with E-state index in [1.807, 2.05) is 27.7 Å². The van der Waals surface area contributed by atoms with Crippen molar-refractivity contribution in [3.05, 3.63) is 12.8 Å². The number of rotatable bonds is 8. The van der Waals surface area contributed by atoms with E-state index in [1.165, 1.54) is 6.26 Å². The quantitative estimate of drug-likeness (QED) is 0.633. The predicted octanol–water partition coefficient (Wildman–Crippen LogP) is 2.49. The topological polar surface area (TPSA) is 38.7 Å². The number of aliphatic hydroxyl groups excluding tert-OH is 1. The van der Waals surface area contributed by atoms with Crippen LogP contribution in [0.15, 0.2) is 12.8 Å². The molecule has 15 heavy (non-hydrogen) atoms. The molecule has 0 aliphatic carbocycles. The van der Waals surface area contributed by atoms with E-state index in [0.29, 0.717) is 13.0 Å². The normalized spacial score (nSPS) is 12.6. The van der Waals surface area contributed by atoms with Crippen LogP contribution in [0.2, 0.25) is 0 Å². The summed E-state index contributed by atoms with van der Waals surface area (Å²) in [6.45, 7) is 12.3. The van der Waals surface area contributed by atoms with Gasteiger partial charge in [0.15, 0.2) is 0 Å². The minimum Gasteiger partial charge on any atom is -0.496 e. The monoisotopic (exact) mass is 216 g/mol. The molecule has 0 amide bonds. The van der Waals surface area contributed by atoms with E-state index >= 15 is 0 Å². The molecule has 0 aromatic heterocycles. The molecule has 3 heteroatoms. The molecule has 0 aromatic carbocycles. The van der Waals surface area contributed by atoms with Gasteiger partial charge in [0.1, 0.15) is 5.60 Å². The standard InChI is InChI=1S/C12H24O3/c1-6-14-12(4,5)8-10-15-11(2,3)7-9-13/h6,13H,1,7-10H2,2-5H3. The second-order valence-corrected chi connectivity index (χ2v) is 4.88. The van der Waals surface area contributed by atoms with Crippen molar-refractivity contribution in [2.75, 3.05) is 13.2 Å². The van der Waals surface area contributed by atoms with Crippen LogP contribution in [0.4, 0.5) is 0 Å². The number of hydrogen-bond acceptors (Lipinski definition) is 3. The van der Waals surface area contributed by atoms with E-state index in [0.717, 1.165) is 6.42 Å². The molecule has 0 fully saturated rings. The third kappa shape index (κ3) is 7.40. The molecule has 0 radical (unpaired) electrons. The molecule has 0 bridgehead atoms. The first-order valence-corrected chi connectivity index (χ1v) is 5.36. The summed E-state index contributed by atoms with van der Waals surface area (Å²) in [7, 11) is 0. The lowest BCUT2D eigenvalue weighted by Gasteiger charge is -2.28. The summed E-state index contributed by atoms with van der Waals surface area (Å²) in [4.78, 5) is 0. The van der Waals surface area contributed by atoms with Gasteiger partial charge in [-0.1, -0.05) is 6.58 Å². The summed E-state index contributed by atoms with van der Waals surface area (Å²) in [6.07, 6.45) is 2.91. The van der Waals surface area contributed by atoms with Crippen molar-refractivity contribution in [3.63, 3.8) is 0 Å². The summed E-state index contributed by atoms with van der Waals surface area (Å²) in [5.74, 6) is 0. The average molecular weight is 216 g/mol. The van der Waals surface area contributed by atoms with Gasteiger partial charge in [0.25, 0.3) is 0 Å². The van der Waals surface area contributed by atoms with Crippen LogP contribution in [-0.2, 0) is 9.47 Å². The fraction of sp³-hybridized carbons (Fsp3) is 0.833. The van der Waals surface area contributed by atoms with Crippen LogP contribution in [0.3, 0.4) is 0 Å². The molecule has 0 rings (SSSR count). The molecule has 0 atom stereocenters. The minimum atomic E-state index is -0.265. The molecular formula is C12H24O3. The summed E-state index contributed by atoms with van der Waals surface area (Å²) in [6, 6.07) is 0. The molecule has 0 unspecified atom stereocenters. The Balaban J connectivity index is 3.82. The molecule has 0 spiro atoms. The molecule has 0 saturated heterocycles. The van der Waals surface area contributed by atoms with Gasteiger partial charge in [-0.05, 0) is 34.1 Å². The molecule has 0 aliphatic rings. The van der Waals surface area contributed by atoms with Crippen molar-refractivity contribution in [1.29, 1.82) is 0 Å². The van der Waals surface area contributed by atoms with Crippen LogP contribution in [0.25, 0.3) is 0 Å². The van der Waals surface area contributed by atoms with E-state index < -0.39 is 0 Å². The molecule has 90 valence electrons. The molecule has 0 aromatic rings. The van der Waals surface area contributed by atoms with E-state index in [2.05, 4.69) is 6.58 Å². The largest absolute Gasteiger partial charge is 0.496 e. The Bertz CT molecular complexity index is 185. The maximum absolute atomic E-state index is 8.83. The second-order valence-electron chi connectivity index (χ2n) is 4.88. The summed E-state index contributed by atoms with van der Waals surface area (Å²) in [5.41, 5.74) is -0.504. The molecule has 0 heterocycles. The maximum Gasteiger partial charge on any atom is 0.105 e. The van der Waals surface area contributed by atoms with E-state index in [4.69, 9.17) is 14.6 Å². The average Bonchev–Trinajstić information content (AvgIpc) is 2.02. The second kappa shape index (κ2) is 6.13. The highest BCUT2D eigenvalue weighted by Gasteiger charge is 2.21. The Hall–Kier alpha value is -0.540. The molecular weight excluding hydrogens is 192 g/mol. The fourth-order valence-electron chi connectivity index (χ4n) is 1.20. The first kappa shape index (κ1) is 14.5.